The number of carbonyl (C=O) groups is 1. The van der Waals surface area contributed by atoms with E-state index in [1.165, 1.54) is 0 Å². The van der Waals surface area contributed by atoms with Crippen LogP contribution < -0.4 is 4.90 Å². The van der Waals surface area contributed by atoms with E-state index >= 15 is 0 Å². The third kappa shape index (κ3) is 3.33. The summed E-state index contributed by atoms with van der Waals surface area (Å²) in [6.45, 7) is 9.42. The summed E-state index contributed by atoms with van der Waals surface area (Å²) in [5.74, 6) is 0.518. The van der Waals surface area contributed by atoms with Crippen molar-refractivity contribution in [2.45, 2.75) is 33.7 Å². The first-order valence-corrected chi connectivity index (χ1v) is 6.25. The highest BCUT2D eigenvalue weighted by Gasteiger charge is 2.16. The topological polar surface area (TPSA) is 44.1 Å². The molecule has 3 heteroatoms. The summed E-state index contributed by atoms with van der Waals surface area (Å²) < 4.78 is 0. The molecule has 0 aliphatic rings. The second-order valence-corrected chi connectivity index (χ2v) is 5.15. The van der Waals surface area contributed by atoms with Crippen LogP contribution in [0.25, 0.3) is 0 Å². The van der Waals surface area contributed by atoms with Gasteiger partial charge < -0.3 is 4.90 Å². The van der Waals surface area contributed by atoms with Crippen LogP contribution in [0.2, 0.25) is 0 Å². The Morgan fingerprint density at radius 3 is 2.44 bits per heavy atom. The average Bonchev–Trinajstić information content (AvgIpc) is 2.34. The van der Waals surface area contributed by atoms with Crippen LogP contribution in [0.4, 0.5) is 5.69 Å². The summed E-state index contributed by atoms with van der Waals surface area (Å²) in [6.07, 6.45) is 0.771. The van der Waals surface area contributed by atoms with Gasteiger partial charge in [-0.25, -0.2) is 0 Å². The van der Waals surface area contributed by atoms with E-state index in [0.29, 0.717) is 23.1 Å². The standard InChI is InChI=1S/C15H20N2O/c1-11(2)9-17(12(3)4)15-6-5-13(10-18)7-14(15)8-16/h5-7,10-12H,9H2,1-4H3. The molecule has 0 amide bonds. The Morgan fingerprint density at radius 2 is 2.00 bits per heavy atom. The quantitative estimate of drug-likeness (QED) is 0.747. The van der Waals surface area contributed by atoms with Crippen molar-refractivity contribution in [1.82, 2.24) is 0 Å². The zero-order valence-corrected chi connectivity index (χ0v) is 11.5. The number of nitrogens with zero attached hydrogens (tertiary/aromatic N) is 2. The average molecular weight is 244 g/mol. The number of hydrogen-bond acceptors (Lipinski definition) is 3. The van der Waals surface area contributed by atoms with Gasteiger partial charge in [0.1, 0.15) is 12.4 Å². The maximum atomic E-state index is 10.7. The molecule has 0 aliphatic heterocycles. The van der Waals surface area contributed by atoms with Crippen LogP contribution in [0, 0.1) is 17.2 Å². The van der Waals surface area contributed by atoms with Crippen molar-refractivity contribution < 1.29 is 4.79 Å². The molecule has 0 bridgehead atoms. The Morgan fingerprint density at radius 1 is 1.33 bits per heavy atom. The largest absolute Gasteiger partial charge is 0.368 e. The van der Waals surface area contributed by atoms with Gasteiger partial charge in [-0.1, -0.05) is 13.8 Å². The number of benzene rings is 1. The molecule has 0 atom stereocenters. The zero-order valence-electron chi connectivity index (χ0n) is 11.5. The molecule has 0 N–H and O–H groups in total. The van der Waals surface area contributed by atoms with Gasteiger partial charge in [-0.05, 0) is 38.0 Å². The predicted octanol–water partition coefficient (Wildman–Crippen LogP) is 3.24. The van der Waals surface area contributed by atoms with E-state index in [2.05, 4.69) is 38.7 Å². The second-order valence-electron chi connectivity index (χ2n) is 5.15. The maximum Gasteiger partial charge on any atom is 0.150 e. The molecule has 96 valence electrons. The van der Waals surface area contributed by atoms with Crippen LogP contribution >= 0.6 is 0 Å². The number of hydrogen-bond donors (Lipinski definition) is 0. The van der Waals surface area contributed by atoms with Crippen molar-refractivity contribution in [2.24, 2.45) is 5.92 Å². The SMILES string of the molecule is CC(C)CN(c1ccc(C=O)cc1C#N)C(C)C. The van der Waals surface area contributed by atoms with E-state index in [0.717, 1.165) is 18.5 Å². The first kappa shape index (κ1) is 14.2. The molecule has 0 saturated carbocycles. The second kappa shape index (κ2) is 6.20. The molecule has 0 aliphatic carbocycles. The molecule has 0 spiro atoms. The van der Waals surface area contributed by atoms with E-state index in [-0.39, 0.29) is 0 Å². The Bertz CT molecular complexity index is 458. The van der Waals surface area contributed by atoms with E-state index in [1.54, 1.807) is 12.1 Å². The lowest BCUT2D eigenvalue weighted by Crippen LogP contribution is -2.34. The molecule has 0 saturated heterocycles. The number of carbonyl (C=O) groups excluding carboxylic acids is 1. The fraction of sp³-hybridized carbons (Fsp3) is 0.467. The van der Waals surface area contributed by atoms with Crippen LogP contribution in [0.1, 0.15) is 43.6 Å². The van der Waals surface area contributed by atoms with Gasteiger partial charge >= 0.3 is 0 Å². The number of aldehydes is 1. The van der Waals surface area contributed by atoms with Crippen molar-refractivity contribution >= 4 is 12.0 Å². The highest BCUT2D eigenvalue weighted by Crippen LogP contribution is 2.24. The lowest BCUT2D eigenvalue weighted by molar-refractivity contribution is 0.112. The van der Waals surface area contributed by atoms with Crippen molar-refractivity contribution in [3.05, 3.63) is 29.3 Å². The van der Waals surface area contributed by atoms with Crippen LogP contribution in [0.15, 0.2) is 18.2 Å². The summed E-state index contributed by atoms with van der Waals surface area (Å²) in [5, 5.41) is 9.21. The highest BCUT2D eigenvalue weighted by molar-refractivity contribution is 5.78. The normalized spacial score (nSPS) is 10.5. The van der Waals surface area contributed by atoms with Gasteiger partial charge in [0.2, 0.25) is 0 Å². The smallest absolute Gasteiger partial charge is 0.150 e. The third-order valence-electron chi connectivity index (χ3n) is 2.77. The van der Waals surface area contributed by atoms with Crippen molar-refractivity contribution in [3.63, 3.8) is 0 Å². The summed E-state index contributed by atoms with van der Waals surface area (Å²) in [7, 11) is 0. The molecule has 0 aromatic heterocycles. The predicted molar refractivity (Wildman–Crippen MR) is 73.9 cm³/mol. The minimum absolute atomic E-state index is 0.321. The lowest BCUT2D eigenvalue weighted by atomic mass is 10.1. The summed E-state index contributed by atoms with van der Waals surface area (Å²) in [5.41, 5.74) is 2.02. The Balaban J connectivity index is 3.20. The van der Waals surface area contributed by atoms with Gasteiger partial charge in [-0.2, -0.15) is 5.26 Å². The minimum atomic E-state index is 0.321. The zero-order chi connectivity index (χ0) is 13.7. The molecule has 1 aromatic rings. The van der Waals surface area contributed by atoms with E-state index in [4.69, 9.17) is 0 Å². The number of rotatable bonds is 5. The Labute approximate surface area is 109 Å². The van der Waals surface area contributed by atoms with E-state index in [9.17, 15) is 10.1 Å². The molecule has 18 heavy (non-hydrogen) atoms. The lowest BCUT2D eigenvalue weighted by Gasteiger charge is -2.31. The fourth-order valence-corrected chi connectivity index (χ4v) is 1.95. The monoisotopic (exact) mass is 244 g/mol. The molecular weight excluding hydrogens is 224 g/mol. The summed E-state index contributed by atoms with van der Waals surface area (Å²) in [4.78, 5) is 13.0. The van der Waals surface area contributed by atoms with E-state index in [1.807, 2.05) is 6.07 Å². The van der Waals surface area contributed by atoms with Crippen LogP contribution in [-0.4, -0.2) is 18.9 Å². The molecule has 0 radical (unpaired) electrons. The van der Waals surface area contributed by atoms with Gasteiger partial charge in [-0.3, -0.25) is 4.79 Å². The minimum Gasteiger partial charge on any atom is -0.368 e. The molecule has 1 aromatic carbocycles. The molecule has 0 unspecified atom stereocenters. The van der Waals surface area contributed by atoms with Crippen LogP contribution in [-0.2, 0) is 0 Å². The molecule has 1 rings (SSSR count). The fourth-order valence-electron chi connectivity index (χ4n) is 1.95. The van der Waals surface area contributed by atoms with Gasteiger partial charge in [-0.15, -0.1) is 0 Å². The van der Waals surface area contributed by atoms with Gasteiger partial charge in [0, 0.05) is 18.2 Å². The number of nitriles is 1. The summed E-state index contributed by atoms with van der Waals surface area (Å²) in [6, 6.07) is 7.78. The molecular formula is C15H20N2O. The van der Waals surface area contributed by atoms with Gasteiger partial charge in [0.05, 0.1) is 11.3 Å². The highest BCUT2D eigenvalue weighted by atomic mass is 16.1. The van der Waals surface area contributed by atoms with Gasteiger partial charge in [0.25, 0.3) is 0 Å². The van der Waals surface area contributed by atoms with Crippen molar-refractivity contribution in [1.29, 1.82) is 5.26 Å². The molecule has 0 heterocycles. The Hall–Kier alpha value is -1.82. The van der Waals surface area contributed by atoms with E-state index < -0.39 is 0 Å². The third-order valence-corrected chi connectivity index (χ3v) is 2.77. The summed E-state index contributed by atoms with van der Waals surface area (Å²) >= 11 is 0. The first-order valence-electron chi connectivity index (χ1n) is 6.25. The first-order chi connectivity index (χ1) is 8.49. The van der Waals surface area contributed by atoms with Gasteiger partial charge in [0.15, 0.2) is 0 Å². The van der Waals surface area contributed by atoms with Crippen LogP contribution in [0.3, 0.4) is 0 Å². The Kier molecular flexibility index (Phi) is 4.91. The molecule has 0 fully saturated rings. The van der Waals surface area contributed by atoms with Crippen molar-refractivity contribution in [2.75, 3.05) is 11.4 Å². The van der Waals surface area contributed by atoms with Crippen LogP contribution in [0.5, 0.6) is 0 Å². The van der Waals surface area contributed by atoms with Crippen molar-refractivity contribution in [3.8, 4) is 6.07 Å². The number of anilines is 1. The maximum absolute atomic E-state index is 10.7. The molecule has 3 nitrogen and oxygen atoms in total.